The zero-order valence-electron chi connectivity index (χ0n) is 14.2. The summed E-state index contributed by atoms with van der Waals surface area (Å²) in [6, 6.07) is 4.16. The lowest BCUT2D eigenvalue weighted by molar-refractivity contribution is 0.0865. The van der Waals surface area contributed by atoms with Crippen LogP contribution in [0.2, 0.25) is 0 Å². The van der Waals surface area contributed by atoms with Gasteiger partial charge in [0, 0.05) is 13.1 Å². The molecule has 0 aromatic carbocycles. The van der Waals surface area contributed by atoms with Crippen molar-refractivity contribution < 1.29 is 4.42 Å². The highest BCUT2D eigenvalue weighted by Crippen LogP contribution is 2.39. The van der Waals surface area contributed by atoms with Crippen molar-refractivity contribution in [3.05, 3.63) is 23.7 Å². The van der Waals surface area contributed by atoms with E-state index in [0.29, 0.717) is 5.41 Å². The van der Waals surface area contributed by atoms with Gasteiger partial charge in [-0.2, -0.15) is 0 Å². The highest BCUT2D eigenvalue weighted by atomic mass is 16.3. The van der Waals surface area contributed by atoms with Crippen LogP contribution in [0.3, 0.4) is 0 Å². The van der Waals surface area contributed by atoms with E-state index in [-0.39, 0.29) is 0 Å². The summed E-state index contributed by atoms with van der Waals surface area (Å²) in [5.74, 6) is 2.95. The molecule has 1 aliphatic carbocycles. The first-order chi connectivity index (χ1) is 10.0. The standard InChI is InChI=1S/C18H32N2O/c1-5-19-13-18(10-6-7-15(2)11-18)14-20(4)12-17-9-8-16(3)21-17/h8-9,15,19H,5-7,10-14H2,1-4H3. The number of hydrogen-bond acceptors (Lipinski definition) is 3. The van der Waals surface area contributed by atoms with Gasteiger partial charge in [0.05, 0.1) is 6.54 Å². The maximum absolute atomic E-state index is 5.72. The van der Waals surface area contributed by atoms with Crippen molar-refractivity contribution in [2.24, 2.45) is 11.3 Å². The van der Waals surface area contributed by atoms with Gasteiger partial charge in [0.2, 0.25) is 0 Å². The Balaban J connectivity index is 1.96. The summed E-state index contributed by atoms with van der Waals surface area (Å²) in [5, 5.41) is 3.60. The van der Waals surface area contributed by atoms with Crippen LogP contribution in [0.4, 0.5) is 0 Å². The van der Waals surface area contributed by atoms with Crippen LogP contribution in [0.5, 0.6) is 0 Å². The van der Waals surface area contributed by atoms with Gasteiger partial charge in [0.1, 0.15) is 11.5 Å². The Morgan fingerprint density at radius 1 is 1.43 bits per heavy atom. The number of aryl methyl sites for hydroxylation is 1. The SMILES string of the molecule is CCNCC1(CN(C)Cc2ccc(C)o2)CCCC(C)C1. The van der Waals surface area contributed by atoms with Crippen molar-refractivity contribution >= 4 is 0 Å². The van der Waals surface area contributed by atoms with Crippen LogP contribution in [0.1, 0.15) is 51.1 Å². The van der Waals surface area contributed by atoms with Gasteiger partial charge in [0.25, 0.3) is 0 Å². The molecule has 120 valence electrons. The summed E-state index contributed by atoms with van der Waals surface area (Å²) in [5.41, 5.74) is 0.435. The van der Waals surface area contributed by atoms with Gasteiger partial charge in [-0.05, 0) is 56.8 Å². The average Bonchev–Trinajstić information content (AvgIpc) is 2.81. The molecular formula is C18H32N2O. The van der Waals surface area contributed by atoms with E-state index in [9.17, 15) is 0 Å². The van der Waals surface area contributed by atoms with E-state index < -0.39 is 0 Å². The molecule has 1 aliphatic rings. The molecule has 0 amide bonds. The maximum atomic E-state index is 5.72. The molecular weight excluding hydrogens is 260 g/mol. The van der Waals surface area contributed by atoms with Gasteiger partial charge < -0.3 is 9.73 Å². The normalized spacial score (nSPS) is 26.4. The molecule has 2 rings (SSSR count). The number of furan rings is 1. The molecule has 3 heteroatoms. The van der Waals surface area contributed by atoms with E-state index in [1.165, 1.54) is 25.7 Å². The Morgan fingerprint density at radius 2 is 2.24 bits per heavy atom. The second kappa shape index (κ2) is 7.46. The molecule has 0 aliphatic heterocycles. The molecule has 1 saturated carbocycles. The van der Waals surface area contributed by atoms with Gasteiger partial charge in [-0.15, -0.1) is 0 Å². The summed E-state index contributed by atoms with van der Waals surface area (Å²) < 4.78 is 5.72. The molecule has 2 atom stereocenters. The van der Waals surface area contributed by atoms with Crippen molar-refractivity contribution in [2.75, 3.05) is 26.7 Å². The largest absolute Gasteiger partial charge is 0.465 e. The molecule has 1 heterocycles. The first kappa shape index (κ1) is 16.6. The summed E-state index contributed by atoms with van der Waals surface area (Å²) >= 11 is 0. The van der Waals surface area contributed by atoms with E-state index in [2.05, 4.69) is 43.2 Å². The highest BCUT2D eigenvalue weighted by Gasteiger charge is 2.35. The first-order valence-corrected chi connectivity index (χ1v) is 8.47. The van der Waals surface area contributed by atoms with Gasteiger partial charge in [-0.3, -0.25) is 4.90 Å². The van der Waals surface area contributed by atoms with Crippen LogP contribution in [-0.4, -0.2) is 31.6 Å². The van der Waals surface area contributed by atoms with Crippen molar-refractivity contribution in [2.45, 2.75) is 53.0 Å². The van der Waals surface area contributed by atoms with Crippen molar-refractivity contribution in [1.82, 2.24) is 10.2 Å². The molecule has 1 aromatic heterocycles. The molecule has 1 fully saturated rings. The van der Waals surface area contributed by atoms with Gasteiger partial charge in [-0.25, -0.2) is 0 Å². The predicted molar refractivity (Wildman–Crippen MR) is 88.4 cm³/mol. The summed E-state index contributed by atoms with van der Waals surface area (Å²) in [7, 11) is 2.23. The molecule has 2 unspecified atom stereocenters. The van der Waals surface area contributed by atoms with Crippen molar-refractivity contribution in [3.8, 4) is 0 Å². The Bertz CT molecular complexity index is 429. The molecule has 0 bridgehead atoms. The number of hydrogen-bond donors (Lipinski definition) is 1. The van der Waals surface area contributed by atoms with Crippen molar-refractivity contribution in [3.63, 3.8) is 0 Å². The van der Waals surface area contributed by atoms with E-state index in [1.807, 2.05) is 6.92 Å². The lowest BCUT2D eigenvalue weighted by Crippen LogP contribution is -2.45. The quantitative estimate of drug-likeness (QED) is 0.828. The average molecular weight is 292 g/mol. The first-order valence-electron chi connectivity index (χ1n) is 8.47. The Kier molecular flexibility index (Phi) is 5.88. The van der Waals surface area contributed by atoms with Crippen LogP contribution in [0, 0.1) is 18.3 Å². The fourth-order valence-corrected chi connectivity index (χ4v) is 3.98. The fraction of sp³-hybridized carbons (Fsp3) is 0.778. The van der Waals surface area contributed by atoms with Gasteiger partial charge in [0.15, 0.2) is 0 Å². The van der Waals surface area contributed by atoms with Crippen LogP contribution in [0.25, 0.3) is 0 Å². The second-order valence-corrected chi connectivity index (χ2v) is 7.17. The Hall–Kier alpha value is -0.800. The van der Waals surface area contributed by atoms with E-state index >= 15 is 0 Å². The third-order valence-corrected chi connectivity index (χ3v) is 4.76. The monoisotopic (exact) mass is 292 g/mol. The number of nitrogens with one attached hydrogen (secondary N) is 1. The molecule has 1 N–H and O–H groups in total. The molecule has 1 aromatic rings. The molecule has 0 spiro atoms. The van der Waals surface area contributed by atoms with E-state index in [4.69, 9.17) is 4.42 Å². The van der Waals surface area contributed by atoms with E-state index in [1.54, 1.807) is 0 Å². The van der Waals surface area contributed by atoms with Crippen LogP contribution < -0.4 is 5.32 Å². The second-order valence-electron chi connectivity index (χ2n) is 7.17. The Morgan fingerprint density at radius 3 is 2.86 bits per heavy atom. The van der Waals surface area contributed by atoms with Crippen molar-refractivity contribution in [1.29, 1.82) is 0 Å². The smallest absolute Gasteiger partial charge is 0.118 e. The lowest BCUT2D eigenvalue weighted by atomic mass is 9.69. The van der Waals surface area contributed by atoms with Crippen LogP contribution >= 0.6 is 0 Å². The minimum atomic E-state index is 0.435. The van der Waals surface area contributed by atoms with Crippen LogP contribution in [-0.2, 0) is 6.54 Å². The third-order valence-electron chi connectivity index (χ3n) is 4.76. The van der Waals surface area contributed by atoms with Gasteiger partial charge >= 0.3 is 0 Å². The molecule has 21 heavy (non-hydrogen) atoms. The molecule has 3 nitrogen and oxygen atoms in total. The molecule has 0 saturated heterocycles. The van der Waals surface area contributed by atoms with Gasteiger partial charge in [-0.1, -0.05) is 26.7 Å². The minimum absolute atomic E-state index is 0.435. The zero-order valence-corrected chi connectivity index (χ0v) is 14.2. The summed E-state index contributed by atoms with van der Waals surface area (Å²) in [6.45, 7) is 10.9. The highest BCUT2D eigenvalue weighted by molar-refractivity contribution is 5.05. The van der Waals surface area contributed by atoms with Crippen LogP contribution in [0.15, 0.2) is 16.5 Å². The number of nitrogens with zero attached hydrogens (tertiary/aromatic N) is 1. The third kappa shape index (κ3) is 4.86. The predicted octanol–water partition coefficient (Wildman–Crippen LogP) is 3.83. The maximum Gasteiger partial charge on any atom is 0.118 e. The molecule has 0 radical (unpaired) electrons. The fourth-order valence-electron chi connectivity index (χ4n) is 3.98. The topological polar surface area (TPSA) is 28.4 Å². The Labute approximate surface area is 130 Å². The summed E-state index contributed by atoms with van der Waals surface area (Å²) in [4.78, 5) is 2.44. The number of rotatable bonds is 7. The van der Waals surface area contributed by atoms with E-state index in [0.717, 1.165) is 43.6 Å². The minimum Gasteiger partial charge on any atom is -0.465 e. The lowest BCUT2D eigenvalue weighted by Gasteiger charge is -2.42. The summed E-state index contributed by atoms with van der Waals surface area (Å²) in [6.07, 6.45) is 5.47. The zero-order chi connectivity index (χ0) is 15.3.